The van der Waals surface area contributed by atoms with Crippen LogP contribution in [-0.4, -0.2) is 64.9 Å². The molecule has 10 nitrogen and oxygen atoms in total. The Kier molecular flexibility index (Phi) is 5.71. The number of hydrogen-bond acceptors (Lipinski definition) is 9. The van der Waals surface area contributed by atoms with Crippen LogP contribution in [0.25, 0.3) is 22.1 Å². The number of carbonyl (C=O) groups excluding carboxylic acids is 1. The molecule has 1 fully saturated rings. The lowest BCUT2D eigenvalue weighted by molar-refractivity contribution is -0.177. The van der Waals surface area contributed by atoms with Gasteiger partial charge in [0.05, 0.1) is 5.69 Å². The fourth-order valence-corrected chi connectivity index (χ4v) is 4.77. The lowest BCUT2D eigenvalue weighted by atomic mass is 9.90. The first kappa shape index (κ1) is 23.8. The number of carbonyl (C=O) groups is 1. The summed E-state index contributed by atoms with van der Waals surface area (Å²) in [4.78, 5) is 30.6. The van der Waals surface area contributed by atoms with Gasteiger partial charge in [-0.25, -0.2) is 15.0 Å². The molecule has 5 rings (SSSR count). The third-order valence-electron chi connectivity index (χ3n) is 5.84. The lowest BCUT2D eigenvalue weighted by Gasteiger charge is -2.21. The molecule has 2 atom stereocenters. The fourth-order valence-electron chi connectivity index (χ4n) is 3.99. The predicted octanol–water partition coefficient (Wildman–Crippen LogP) is 3.12. The zero-order valence-electron chi connectivity index (χ0n) is 18.9. The average Bonchev–Trinajstić information content (AvgIpc) is 3.55. The number of halogens is 3. The second kappa shape index (κ2) is 8.64. The Bertz CT molecular complexity index is 1440. The normalized spacial score (nSPS) is 20.2. The van der Waals surface area contributed by atoms with Gasteiger partial charge in [0.25, 0.3) is 5.91 Å². The first-order chi connectivity index (χ1) is 17.0. The number of likely N-dealkylation sites (N-methyl/N-ethyl adjacent to an activating group) is 1. The Morgan fingerprint density at radius 2 is 1.89 bits per heavy atom. The molecule has 4 aromatic rings. The maximum Gasteiger partial charge on any atom is 0.408 e. The Labute approximate surface area is 206 Å². The maximum atomic E-state index is 13.4. The number of aromatic nitrogens is 6. The van der Waals surface area contributed by atoms with E-state index in [0.717, 1.165) is 7.05 Å². The summed E-state index contributed by atoms with van der Waals surface area (Å²) in [6.45, 7) is 0. The minimum atomic E-state index is -4.66. The van der Waals surface area contributed by atoms with E-state index in [0.29, 0.717) is 38.8 Å². The molecule has 1 aliphatic heterocycles. The molecule has 0 saturated carbocycles. The first-order valence-electron chi connectivity index (χ1n) is 10.6. The van der Waals surface area contributed by atoms with Crippen molar-refractivity contribution < 1.29 is 23.1 Å². The number of anilines is 2. The first-order valence-corrected chi connectivity index (χ1v) is 11.5. The van der Waals surface area contributed by atoms with E-state index in [1.54, 1.807) is 41.6 Å². The average molecular weight is 517 g/mol. The van der Waals surface area contributed by atoms with Crippen molar-refractivity contribution in [3.63, 3.8) is 0 Å². The van der Waals surface area contributed by atoms with Crippen molar-refractivity contribution >= 4 is 29.0 Å². The molecule has 0 spiro atoms. The van der Waals surface area contributed by atoms with Gasteiger partial charge in [-0.3, -0.25) is 14.5 Å². The monoisotopic (exact) mass is 516 g/mol. The topological polar surface area (TPSA) is 122 Å². The highest BCUT2D eigenvalue weighted by molar-refractivity contribution is 7.13. The van der Waals surface area contributed by atoms with Crippen LogP contribution in [0, 0.1) is 0 Å². The number of amides is 1. The van der Waals surface area contributed by atoms with Crippen LogP contribution in [-0.2, 0) is 17.4 Å². The van der Waals surface area contributed by atoms with Crippen molar-refractivity contribution in [2.45, 2.75) is 24.2 Å². The molecule has 0 radical (unpaired) electrons. The van der Waals surface area contributed by atoms with Gasteiger partial charge >= 0.3 is 6.18 Å². The molecule has 36 heavy (non-hydrogen) atoms. The van der Waals surface area contributed by atoms with Crippen molar-refractivity contribution in [2.75, 3.05) is 12.4 Å². The molecular weight excluding hydrogens is 497 g/mol. The Morgan fingerprint density at radius 1 is 1.11 bits per heavy atom. The van der Waals surface area contributed by atoms with Crippen molar-refractivity contribution in [3.05, 3.63) is 53.8 Å². The van der Waals surface area contributed by atoms with Crippen LogP contribution in [0.4, 0.5) is 24.9 Å². The fraction of sp³-hybridized carbons (Fsp3) is 0.273. The zero-order chi connectivity index (χ0) is 25.7. The maximum absolute atomic E-state index is 13.4. The van der Waals surface area contributed by atoms with Gasteiger partial charge in [-0.05, 0) is 23.8 Å². The molecular formula is C22H19F3N8O2S. The van der Waals surface area contributed by atoms with E-state index in [-0.39, 0.29) is 5.56 Å². The Balaban J connectivity index is 1.41. The van der Waals surface area contributed by atoms with Crippen molar-refractivity contribution in [1.29, 1.82) is 0 Å². The van der Waals surface area contributed by atoms with E-state index in [1.807, 2.05) is 0 Å². The number of aliphatic hydroxyl groups is 1. The number of nitrogens with one attached hydrogen (secondary N) is 1. The molecule has 14 heteroatoms. The molecule has 0 aromatic carbocycles. The molecule has 186 valence electrons. The molecule has 5 heterocycles. The summed E-state index contributed by atoms with van der Waals surface area (Å²) in [5, 5.41) is 20.5. The van der Waals surface area contributed by atoms with Gasteiger partial charge in [-0.15, -0.1) is 11.3 Å². The van der Waals surface area contributed by atoms with E-state index < -0.39 is 30.1 Å². The van der Waals surface area contributed by atoms with Gasteiger partial charge in [0, 0.05) is 50.6 Å². The Morgan fingerprint density at radius 3 is 2.58 bits per heavy atom. The highest BCUT2D eigenvalue weighted by atomic mass is 32.1. The molecule has 4 aromatic heterocycles. The third kappa shape index (κ3) is 4.28. The molecule has 1 aliphatic rings. The van der Waals surface area contributed by atoms with Crippen LogP contribution in [0.5, 0.6) is 0 Å². The quantitative estimate of drug-likeness (QED) is 0.415. The number of aryl methyl sites for hydroxylation is 1. The standard InChI is InChI=1S/C22H19F3N8O2S/c1-32-8-5-17(31-32)30-20-27-7-4-13(29-20)18-28-15(11-36-18)14-9-12(3-6-26-14)21(35)10-16(22(23,24)25)33(2)19(21)34/h3-9,11,16,35H,10H2,1-2H3,(H,27,29,30,31). The summed E-state index contributed by atoms with van der Waals surface area (Å²) in [7, 11) is 2.82. The largest absolute Gasteiger partial charge is 0.408 e. The zero-order valence-corrected chi connectivity index (χ0v) is 19.7. The second-order valence-corrected chi connectivity index (χ2v) is 9.13. The van der Waals surface area contributed by atoms with E-state index in [1.165, 1.54) is 29.7 Å². The highest BCUT2D eigenvalue weighted by Crippen LogP contribution is 2.43. The molecule has 2 N–H and O–H groups in total. The Hall–Kier alpha value is -3.91. The summed E-state index contributed by atoms with van der Waals surface area (Å²) in [6, 6.07) is 4.10. The molecule has 0 aliphatic carbocycles. The number of nitrogens with zero attached hydrogens (tertiary/aromatic N) is 7. The minimum Gasteiger partial charge on any atom is -0.375 e. The van der Waals surface area contributed by atoms with Crippen LogP contribution < -0.4 is 5.32 Å². The second-order valence-electron chi connectivity index (χ2n) is 8.27. The van der Waals surface area contributed by atoms with Crippen molar-refractivity contribution in [1.82, 2.24) is 34.6 Å². The summed E-state index contributed by atoms with van der Waals surface area (Å²) in [5.74, 6) is -0.114. The number of hydrogen-bond donors (Lipinski definition) is 2. The van der Waals surface area contributed by atoms with E-state index >= 15 is 0 Å². The van der Waals surface area contributed by atoms with Crippen LogP contribution >= 0.6 is 11.3 Å². The van der Waals surface area contributed by atoms with Crippen LogP contribution in [0.15, 0.2) is 48.2 Å². The summed E-state index contributed by atoms with van der Waals surface area (Å²) >= 11 is 1.28. The van der Waals surface area contributed by atoms with Crippen LogP contribution in [0.3, 0.4) is 0 Å². The number of pyridine rings is 1. The van der Waals surface area contributed by atoms with E-state index in [9.17, 15) is 23.1 Å². The number of thiazole rings is 1. The van der Waals surface area contributed by atoms with Crippen molar-refractivity contribution in [3.8, 4) is 22.1 Å². The molecule has 0 bridgehead atoms. The van der Waals surface area contributed by atoms with Crippen LogP contribution in [0.2, 0.25) is 0 Å². The number of alkyl halides is 3. The van der Waals surface area contributed by atoms with Gasteiger partial charge in [0.2, 0.25) is 5.95 Å². The third-order valence-corrected chi connectivity index (χ3v) is 6.71. The van der Waals surface area contributed by atoms with Crippen molar-refractivity contribution in [2.24, 2.45) is 7.05 Å². The van der Waals surface area contributed by atoms with Gasteiger partial charge in [-0.1, -0.05) is 0 Å². The van der Waals surface area contributed by atoms with Gasteiger partial charge < -0.3 is 15.3 Å². The number of likely N-dealkylation sites (tertiary alicyclic amines) is 1. The molecule has 1 amide bonds. The van der Waals surface area contributed by atoms with E-state index in [4.69, 9.17) is 0 Å². The van der Waals surface area contributed by atoms with Gasteiger partial charge in [0.15, 0.2) is 11.4 Å². The lowest BCUT2D eigenvalue weighted by Crippen LogP contribution is -2.41. The minimum absolute atomic E-state index is 0.0227. The van der Waals surface area contributed by atoms with Crippen LogP contribution in [0.1, 0.15) is 12.0 Å². The highest BCUT2D eigenvalue weighted by Gasteiger charge is 2.59. The predicted molar refractivity (Wildman–Crippen MR) is 124 cm³/mol. The van der Waals surface area contributed by atoms with Gasteiger partial charge in [-0.2, -0.15) is 18.3 Å². The van der Waals surface area contributed by atoms with Gasteiger partial charge in [0.1, 0.15) is 22.4 Å². The van der Waals surface area contributed by atoms with E-state index in [2.05, 4.69) is 30.4 Å². The molecule has 1 saturated heterocycles. The SMILES string of the molecule is CN1C(=O)C(O)(c2ccnc(-c3csc(-c4ccnc(Nc5ccn(C)n5)n4)n3)c2)CC1C(F)(F)F. The summed E-state index contributed by atoms with van der Waals surface area (Å²) in [6.07, 6.45) is -0.782. The number of rotatable bonds is 5. The summed E-state index contributed by atoms with van der Waals surface area (Å²) < 4.78 is 41.7. The smallest absolute Gasteiger partial charge is 0.375 e. The summed E-state index contributed by atoms with van der Waals surface area (Å²) in [5.41, 5.74) is -1.03. The molecule has 2 unspecified atom stereocenters.